The Morgan fingerprint density at radius 3 is 1.65 bits per heavy atom. The summed E-state index contributed by atoms with van der Waals surface area (Å²) in [4.78, 5) is 2.36. The fraction of sp³-hybridized carbons (Fsp3) is 0. The molecule has 0 aliphatic carbocycles. The van der Waals surface area contributed by atoms with Gasteiger partial charge in [-0.1, -0.05) is 133 Å². The molecule has 11 aromatic rings. The van der Waals surface area contributed by atoms with Gasteiger partial charge in [0.25, 0.3) is 0 Å². The van der Waals surface area contributed by atoms with E-state index in [1.807, 2.05) is 0 Å². The third-order valence-corrected chi connectivity index (χ3v) is 10.8. The predicted octanol–water partition coefficient (Wildman–Crippen LogP) is 13.9. The van der Waals surface area contributed by atoms with E-state index in [1.54, 1.807) is 0 Å². The molecular formula is C50H32N2. The Labute approximate surface area is 301 Å². The first-order valence-electron chi connectivity index (χ1n) is 17.9. The summed E-state index contributed by atoms with van der Waals surface area (Å²) >= 11 is 0. The number of aromatic nitrogens is 1. The standard InChI is InChI=1S/C50H32N2/c1-4-12-33(13-5-1)35-24-27-40(28-25-35)51(39-17-8-3-9-18-39)41-19-11-20-42(32-41)52-45-29-26-37-23-22-36-16-10-21-43-44-30-38(34-14-6-2-7-15-34)31-46(52)49(44)50(45)48(37)47(36)43/h1-32H. The summed E-state index contributed by atoms with van der Waals surface area (Å²) in [5, 5.41) is 10.6. The average Bonchev–Trinajstić information content (AvgIpc) is 3.56. The largest absolute Gasteiger partial charge is 0.310 e. The fourth-order valence-electron chi connectivity index (χ4n) is 8.56. The van der Waals surface area contributed by atoms with Gasteiger partial charge < -0.3 is 9.47 Å². The molecule has 0 fully saturated rings. The number of fused-ring (bicyclic) bond motifs is 1. The Kier molecular flexibility index (Phi) is 6.28. The molecule has 0 spiro atoms. The molecule has 0 saturated heterocycles. The molecule has 2 heteroatoms. The van der Waals surface area contributed by atoms with Gasteiger partial charge in [-0.05, 0) is 110 Å². The number of para-hydroxylation sites is 1. The zero-order valence-corrected chi connectivity index (χ0v) is 28.4. The third kappa shape index (κ3) is 4.31. The van der Waals surface area contributed by atoms with Crippen LogP contribution in [0.3, 0.4) is 0 Å². The maximum atomic E-state index is 2.50. The molecule has 1 aromatic heterocycles. The SMILES string of the molecule is c1ccc(-c2ccc(N(c3ccccc3)c3cccc(-n4c5cc(-c6ccccc6)cc6c7cccc8ccc9ccc4c(c9c87)c65)c3)cc2)cc1. The lowest BCUT2D eigenvalue weighted by Gasteiger charge is -2.26. The molecule has 0 aliphatic rings. The van der Waals surface area contributed by atoms with Gasteiger partial charge in [-0.2, -0.15) is 0 Å². The molecule has 0 amide bonds. The summed E-state index contributed by atoms with van der Waals surface area (Å²) < 4.78 is 2.50. The molecule has 2 nitrogen and oxygen atoms in total. The second-order valence-electron chi connectivity index (χ2n) is 13.8. The van der Waals surface area contributed by atoms with Crippen molar-refractivity contribution in [3.63, 3.8) is 0 Å². The molecule has 242 valence electrons. The molecule has 52 heavy (non-hydrogen) atoms. The Morgan fingerprint density at radius 1 is 0.308 bits per heavy atom. The Morgan fingerprint density at radius 2 is 0.904 bits per heavy atom. The van der Waals surface area contributed by atoms with Crippen LogP contribution in [0.1, 0.15) is 0 Å². The minimum atomic E-state index is 1.10. The Hall–Kier alpha value is -6.90. The van der Waals surface area contributed by atoms with Gasteiger partial charge in [-0.15, -0.1) is 0 Å². The lowest BCUT2D eigenvalue weighted by molar-refractivity contribution is 1.17. The van der Waals surface area contributed by atoms with E-state index in [0.717, 1.165) is 22.7 Å². The minimum Gasteiger partial charge on any atom is -0.310 e. The van der Waals surface area contributed by atoms with Crippen LogP contribution in [0.25, 0.3) is 82.1 Å². The Bertz CT molecular complexity index is 3030. The van der Waals surface area contributed by atoms with Crippen molar-refractivity contribution in [3.05, 3.63) is 194 Å². The van der Waals surface area contributed by atoms with Crippen LogP contribution in [0.5, 0.6) is 0 Å². The van der Waals surface area contributed by atoms with Crippen molar-refractivity contribution in [2.45, 2.75) is 0 Å². The highest BCUT2D eigenvalue weighted by molar-refractivity contribution is 6.40. The van der Waals surface area contributed by atoms with Crippen molar-refractivity contribution in [3.8, 4) is 27.9 Å². The highest BCUT2D eigenvalue weighted by Crippen LogP contribution is 2.48. The monoisotopic (exact) mass is 660 g/mol. The van der Waals surface area contributed by atoms with Crippen LogP contribution in [0.15, 0.2) is 194 Å². The predicted molar refractivity (Wildman–Crippen MR) is 221 cm³/mol. The number of anilines is 3. The van der Waals surface area contributed by atoms with E-state index < -0.39 is 0 Å². The van der Waals surface area contributed by atoms with Crippen molar-refractivity contribution in [1.29, 1.82) is 0 Å². The van der Waals surface area contributed by atoms with Crippen LogP contribution < -0.4 is 4.90 Å². The van der Waals surface area contributed by atoms with Crippen LogP contribution in [0.4, 0.5) is 17.1 Å². The van der Waals surface area contributed by atoms with E-state index in [9.17, 15) is 0 Å². The van der Waals surface area contributed by atoms with Crippen LogP contribution in [-0.4, -0.2) is 4.57 Å². The molecule has 0 bridgehead atoms. The lowest BCUT2D eigenvalue weighted by Crippen LogP contribution is -2.10. The van der Waals surface area contributed by atoms with Gasteiger partial charge in [0.05, 0.1) is 11.0 Å². The molecule has 0 atom stereocenters. The maximum Gasteiger partial charge on any atom is 0.0553 e. The quantitative estimate of drug-likeness (QED) is 0.127. The van der Waals surface area contributed by atoms with Crippen molar-refractivity contribution in [2.24, 2.45) is 0 Å². The molecule has 0 aliphatic heterocycles. The number of nitrogens with zero attached hydrogens (tertiary/aromatic N) is 2. The van der Waals surface area contributed by atoms with E-state index in [0.29, 0.717) is 0 Å². The van der Waals surface area contributed by atoms with E-state index in [-0.39, 0.29) is 0 Å². The van der Waals surface area contributed by atoms with Crippen LogP contribution in [0.2, 0.25) is 0 Å². The van der Waals surface area contributed by atoms with Crippen molar-refractivity contribution >= 4 is 71.2 Å². The molecule has 0 N–H and O–H groups in total. The first kappa shape index (κ1) is 28.9. The van der Waals surface area contributed by atoms with Crippen molar-refractivity contribution in [1.82, 2.24) is 4.57 Å². The number of hydrogen-bond donors (Lipinski definition) is 0. The minimum absolute atomic E-state index is 1.10. The third-order valence-electron chi connectivity index (χ3n) is 10.8. The van der Waals surface area contributed by atoms with Gasteiger partial charge in [0.1, 0.15) is 0 Å². The van der Waals surface area contributed by atoms with Gasteiger partial charge in [-0.3, -0.25) is 0 Å². The second-order valence-corrected chi connectivity index (χ2v) is 13.8. The van der Waals surface area contributed by atoms with E-state index in [1.165, 1.54) is 76.4 Å². The first-order chi connectivity index (χ1) is 25.8. The first-order valence-corrected chi connectivity index (χ1v) is 17.9. The van der Waals surface area contributed by atoms with Gasteiger partial charge in [-0.25, -0.2) is 0 Å². The lowest BCUT2D eigenvalue weighted by atomic mass is 9.88. The summed E-state index contributed by atoms with van der Waals surface area (Å²) in [7, 11) is 0. The summed E-state index contributed by atoms with van der Waals surface area (Å²) in [6.07, 6.45) is 0. The molecular weight excluding hydrogens is 629 g/mol. The summed E-state index contributed by atoms with van der Waals surface area (Å²) in [5.41, 5.74) is 11.8. The molecule has 0 saturated carbocycles. The van der Waals surface area contributed by atoms with Gasteiger partial charge in [0, 0.05) is 38.9 Å². The zero-order valence-electron chi connectivity index (χ0n) is 28.4. The van der Waals surface area contributed by atoms with Crippen LogP contribution >= 0.6 is 0 Å². The molecule has 10 aromatic carbocycles. The smallest absolute Gasteiger partial charge is 0.0553 e. The number of rotatable bonds is 6. The van der Waals surface area contributed by atoms with E-state index >= 15 is 0 Å². The normalized spacial score (nSPS) is 11.8. The molecule has 0 radical (unpaired) electrons. The van der Waals surface area contributed by atoms with Crippen molar-refractivity contribution in [2.75, 3.05) is 4.90 Å². The molecule has 1 heterocycles. The highest BCUT2D eigenvalue weighted by atomic mass is 15.1. The molecule has 0 unspecified atom stereocenters. The topological polar surface area (TPSA) is 8.17 Å². The number of benzene rings is 10. The van der Waals surface area contributed by atoms with E-state index in [2.05, 4.69) is 204 Å². The number of hydrogen-bond acceptors (Lipinski definition) is 1. The van der Waals surface area contributed by atoms with Crippen LogP contribution in [0, 0.1) is 0 Å². The summed E-state index contributed by atoms with van der Waals surface area (Å²) in [6, 6.07) is 70.8. The van der Waals surface area contributed by atoms with Gasteiger partial charge in [0.2, 0.25) is 0 Å². The second kappa shape index (κ2) is 11.3. The maximum absolute atomic E-state index is 2.50. The highest BCUT2D eigenvalue weighted by Gasteiger charge is 2.23. The van der Waals surface area contributed by atoms with Crippen molar-refractivity contribution < 1.29 is 0 Å². The Balaban J connectivity index is 1.18. The summed E-state index contributed by atoms with van der Waals surface area (Å²) in [6.45, 7) is 0. The van der Waals surface area contributed by atoms with E-state index in [4.69, 9.17) is 0 Å². The van der Waals surface area contributed by atoms with Crippen LogP contribution in [-0.2, 0) is 0 Å². The zero-order chi connectivity index (χ0) is 34.2. The molecule has 11 rings (SSSR count). The van der Waals surface area contributed by atoms with Gasteiger partial charge >= 0.3 is 0 Å². The fourth-order valence-corrected chi connectivity index (χ4v) is 8.56. The average molecular weight is 661 g/mol. The summed E-state index contributed by atoms with van der Waals surface area (Å²) in [5.74, 6) is 0. The van der Waals surface area contributed by atoms with Gasteiger partial charge in [0.15, 0.2) is 0 Å².